The molecule has 1 amide bonds. The monoisotopic (exact) mass is 426 g/mol. The standard InChI is InChI=1S/C26H42N4O/c1-21(2)18-29(19-22(3)4)26(31)20-30-24-13-8-7-12-23(24)27-25(30)14-11-17-28-15-9-5-6-10-16-28/h7-8,12-13,21-22H,5-6,9-11,14-20H2,1-4H3. The Labute approximate surface area is 188 Å². The van der Waals surface area contributed by atoms with Gasteiger partial charge < -0.3 is 14.4 Å². The molecule has 1 fully saturated rings. The van der Waals surface area contributed by atoms with Gasteiger partial charge in [0.05, 0.1) is 11.0 Å². The second-order valence-electron chi connectivity index (χ2n) is 10.0. The lowest BCUT2D eigenvalue weighted by atomic mass is 10.1. The molecular formula is C26H42N4O. The maximum absolute atomic E-state index is 13.3. The van der Waals surface area contributed by atoms with Crippen molar-refractivity contribution in [2.24, 2.45) is 11.8 Å². The molecule has 0 atom stereocenters. The number of imidazole rings is 1. The van der Waals surface area contributed by atoms with Crippen LogP contribution in [0.3, 0.4) is 0 Å². The molecule has 0 spiro atoms. The van der Waals surface area contributed by atoms with E-state index in [9.17, 15) is 4.79 Å². The number of likely N-dealkylation sites (tertiary alicyclic amines) is 1. The van der Waals surface area contributed by atoms with Gasteiger partial charge in [-0.25, -0.2) is 4.98 Å². The van der Waals surface area contributed by atoms with E-state index in [0.29, 0.717) is 18.4 Å². The largest absolute Gasteiger partial charge is 0.341 e. The van der Waals surface area contributed by atoms with Crippen LogP contribution in [0.5, 0.6) is 0 Å². The van der Waals surface area contributed by atoms with Gasteiger partial charge in [0.15, 0.2) is 0 Å². The zero-order valence-corrected chi connectivity index (χ0v) is 20.1. The van der Waals surface area contributed by atoms with Crippen molar-refractivity contribution in [3.05, 3.63) is 30.1 Å². The number of para-hydroxylation sites is 2. The highest BCUT2D eigenvalue weighted by Gasteiger charge is 2.20. The summed E-state index contributed by atoms with van der Waals surface area (Å²) in [7, 11) is 0. The number of amides is 1. The van der Waals surface area contributed by atoms with E-state index in [1.165, 1.54) is 38.8 Å². The average molecular weight is 427 g/mol. The van der Waals surface area contributed by atoms with Crippen molar-refractivity contribution >= 4 is 16.9 Å². The Morgan fingerprint density at radius 2 is 1.65 bits per heavy atom. The number of aryl methyl sites for hydroxylation is 1. The van der Waals surface area contributed by atoms with Crippen molar-refractivity contribution < 1.29 is 4.79 Å². The van der Waals surface area contributed by atoms with Gasteiger partial charge in [-0.1, -0.05) is 52.7 Å². The quantitative estimate of drug-likeness (QED) is 0.538. The van der Waals surface area contributed by atoms with Crippen LogP contribution in [0.1, 0.15) is 65.6 Å². The molecule has 0 aliphatic carbocycles. The van der Waals surface area contributed by atoms with Crippen molar-refractivity contribution in [1.29, 1.82) is 0 Å². The Kier molecular flexibility index (Phi) is 8.94. The van der Waals surface area contributed by atoms with Crippen LogP contribution < -0.4 is 0 Å². The Morgan fingerprint density at radius 3 is 2.29 bits per heavy atom. The van der Waals surface area contributed by atoms with Gasteiger partial charge in [0, 0.05) is 19.5 Å². The highest BCUT2D eigenvalue weighted by molar-refractivity contribution is 5.81. The highest BCUT2D eigenvalue weighted by Crippen LogP contribution is 2.19. The Bertz CT molecular complexity index is 808. The number of carbonyl (C=O) groups is 1. The number of nitrogens with zero attached hydrogens (tertiary/aromatic N) is 4. The van der Waals surface area contributed by atoms with E-state index in [2.05, 4.69) is 49.3 Å². The molecule has 1 saturated heterocycles. The first-order chi connectivity index (χ1) is 14.9. The number of fused-ring (bicyclic) bond motifs is 1. The Morgan fingerprint density at radius 1 is 1.00 bits per heavy atom. The highest BCUT2D eigenvalue weighted by atomic mass is 16.2. The molecule has 5 heteroatoms. The fourth-order valence-corrected chi connectivity index (χ4v) is 4.71. The lowest BCUT2D eigenvalue weighted by Gasteiger charge is -2.27. The molecule has 0 unspecified atom stereocenters. The lowest BCUT2D eigenvalue weighted by Crippen LogP contribution is -2.39. The van der Waals surface area contributed by atoms with E-state index in [1.807, 2.05) is 17.0 Å². The second kappa shape index (κ2) is 11.7. The number of carbonyl (C=O) groups excluding carboxylic acids is 1. The molecular weight excluding hydrogens is 384 g/mol. The zero-order valence-electron chi connectivity index (χ0n) is 20.1. The summed E-state index contributed by atoms with van der Waals surface area (Å²) in [6, 6.07) is 8.25. The maximum Gasteiger partial charge on any atom is 0.242 e. The van der Waals surface area contributed by atoms with Gasteiger partial charge in [0.1, 0.15) is 12.4 Å². The van der Waals surface area contributed by atoms with Gasteiger partial charge in [0.25, 0.3) is 0 Å². The van der Waals surface area contributed by atoms with Crippen molar-refractivity contribution in [3.63, 3.8) is 0 Å². The third-order valence-electron chi connectivity index (χ3n) is 6.12. The molecule has 1 aliphatic heterocycles. The number of benzene rings is 1. The fourth-order valence-electron chi connectivity index (χ4n) is 4.71. The van der Waals surface area contributed by atoms with Gasteiger partial charge >= 0.3 is 0 Å². The van der Waals surface area contributed by atoms with Crippen LogP contribution in [0, 0.1) is 11.8 Å². The average Bonchev–Trinajstić information content (AvgIpc) is 2.88. The third-order valence-corrected chi connectivity index (χ3v) is 6.12. The van der Waals surface area contributed by atoms with Gasteiger partial charge in [-0.3, -0.25) is 4.79 Å². The molecule has 0 bridgehead atoms. The first-order valence-corrected chi connectivity index (χ1v) is 12.4. The Hall–Kier alpha value is -1.88. The van der Waals surface area contributed by atoms with Crippen molar-refractivity contribution in [3.8, 4) is 0 Å². The summed E-state index contributed by atoms with van der Waals surface area (Å²) in [5, 5.41) is 0. The van der Waals surface area contributed by atoms with Gasteiger partial charge in [-0.15, -0.1) is 0 Å². The van der Waals surface area contributed by atoms with E-state index in [4.69, 9.17) is 4.98 Å². The molecule has 172 valence electrons. The molecule has 31 heavy (non-hydrogen) atoms. The van der Waals surface area contributed by atoms with Crippen LogP contribution in [-0.2, 0) is 17.8 Å². The van der Waals surface area contributed by atoms with Gasteiger partial charge in [-0.2, -0.15) is 0 Å². The third kappa shape index (κ3) is 7.06. The molecule has 0 saturated carbocycles. The minimum Gasteiger partial charge on any atom is -0.341 e. The fraction of sp³-hybridized carbons (Fsp3) is 0.692. The molecule has 0 N–H and O–H groups in total. The van der Waals surface area contributed by atoms with Crippen LogP contribution in [0.25, 0.3) is 11.0 Å². The van der Waals surface area contributed by atoms with Crippen LogP contribution >= 0.6 is 0 Å². The maximum atomic E-state index is 13.3. The normalized spacial score (nSPS) is 15.7. The van der Waals surface area contributed by atoms with E-state index < -0.39 is 0 Å². The summed E-state index contributed by atoms with van der Waals surface area (Å²) in [5.74, 6) is 2.20. The van der Waals surface area contributed by atoms with Crippen LogP contribution in [0.15, 0.2) is 24.3 Å². The first kappa shape index (κ1) is 23.8. The molecule has 1 aromatic carbocycles. The van der Waals surface area contributed by atoms with Crippen LogP contribution in [0.4, 0.5) is 0 Å². The molecule has 2 aromatic rings. The SMILES string of the molecule is CC(C)CN(CC(C)C)C(=O)Cn1c(CCCN2CCCCCC2)nc2ccccc21. The van der Waals surface area contributed by atoms with Crippen LogP contribution in [-0.4, -0.2) is 58.0 Å². The topological polar surface area (TPSA) is 41.4 Å². The first-order valence-electron chi connectivity index (χ1n) is 12.4. The zero-order chi connectivity index (χ0) is 22.2. The molecule has 1 aromatic heterocycles. The number of rotatable bonds is 10. The molecule has 0 radical (unpaired) electrons. The predicted octanol–water partition coefficient (Wildman–Crippen LogP) is 4.99. The summed E-state index contributed by atoms with van der Waals surface area (Å²) >= 11 is 0. The molecule has 3 rings (SSSR count). The number of aromatic nitrogens is 2. The Balaban J connectivity index is 1.72. The minimum atomic E-state index is 0.208. The van der Waals surface area contributed by atoms with E-state index in [1.54, 1.807) is 0 Å². The molecule has 2 heterocycles. The summed E-state index contributed by atoms with van der Waals surface area (Å²) in [4.78, 5) is 22.9. The second-order valence-corrected chi connectivity index (χ2v) is 10.0. The molecule has 5 nitrogen and oxygen atoms in total. The molecule has 1 aliphatic rings. The van der Waals surface area contributed by atoms with E-state index >= 15 is 0 Å². The summed E-state index contributed by atoms with van der Waals surface area (Å²) in [5.41, 5.74) is 2.08. The van der Waals surface area contributed by atoms with E-state index in [-0.39, 0.29) is 5.91 Å². The number of hydrogen-bond donors (Lipinski definition) is 0. The predicted molar refractivity (Wildman–Crippen MR) is 129 cm³/mol. The van der Waals surface area contributed by atoms with Crippen molar-refractivity contribution in [1.82, 2.24) is 19.4 Å². The van der Waals surface area contributed by atoms with Crippen LogP contribution in [0.2, 0.25) is 0 Å². The van der Waals surface area contributed by atoms with Crippen molar-refractivity contribution in [2.45, 2.75) is 72.8 Å². The van der Waals surface area contributed by atoms with E-state index in [0.717, 1.165) is 49.3 Å². The summed E-state index contributed by atoms with van der Waals surface area (Å²) in [6.45, 7) is 14.3. The lowest BCUT2D eigenvalue weighted by molar-refractivity contribution is -0.132. The van der Waals surface area contributed by atoms with Crippen molar-refractivity contribution in [2.75, 3.05) is 32.7 Å². The number of hydrogen-bond acceptors (Lipinski definition) is 3. The minimum absolute atomic E-state index is 0.208. The summed E-state index contributed by atoms with van der Waals surface area (Å²) < 4.78 is 2.17. The van der Waals surface area contributed by atoms with Gasteiger partial charge in [-0.05, 0) is 62.9 Å². The van der Waals surface area contributed by atoms with Gasteiger partial charge in [0.2, 0.25) is 5.91 Å². The smallest absolute Gasteiger partial charge is 0.242 e. The summed E-state index contributed by atoms with van der Waals surface area (Å²) in [6.07, 6.45) is 7.42.